The molecule has 11 heteroatoms. The van der Waals surface area contributed by atoms with Gasteiger partial charge in [-0.1, -0.05) is 52.4 Å². The molecule has 2 aliphatic rings. The molecule has 0 aromatic rings. The van der Waals surface area contributed by atoms with Crippen molar-refractivity contribution in [1.29, 1.82) is 0 Å². The normalized spacial score (nSPS) is 32.8. The molecule has 0 saturated carbocycles. The molecule has 27 heavy (non-hydrogen) atoms. The van der Waals surface area contributed by atoms with Crippen molar-refractivity contribution in [3.8, 4) is 0 Å². The predicted molar refractivity (Wildman–Crippen MR) is 104 cm³/mol. The summed E-state index contributed by atoms with van der Waals surface area (Å²) < 4.78 is 32.8. The molecule has 0 aromatic heterocycles. The summed E-state index contributed by atoms with van der Waals surface area (Å²) in [5.41, 5.74) is 0. The van der Waals surface area contributed by atoms with Crippen LogP contribution in [0.25, 0.3) is 10.6 Å². The average molecular weight is 468 g/mol. The van der Waals surface area contributed by atoms with E-state index in [2.05, 4.69) is 10.6 Å². The molecule has 2 N–H and O–H groups in total. The summed E-state index contributed by atoms with van der Waals surface area (Å²) >= 11 is 0. The molecule has 6 unspecified atom stereocenters. The number of nitrogens with zero attached hydrogens (tertiary/aromatic N) is 2. The van der Waals surface area contributed by atoms with Gasteiger partial charge < -0.3 is 29.5 Å². The maximum absolute atomic E-state index is 11.6. The van der Waals surface area contributed by atoms with Gasteiger partial charge >= 0.3 is 32.3 Å². The quantitative estimate of drug-likeness (QED) is 0.420. The summed E-state index contributed by atoms with van der Waals surface area (Å²) in [7, 11) is -6.94. The van der Waals surface area contributed by atoms with E-state index in [1.165, 1.54) is 0 Å². The zero-order chi connectivity index (χ0) is 19.8. The molecule has 0 amide bonds. The first-order valence-corrected chi connectivity index (χ1v) is 12.8. The zero-order valence-corrected chi connectivity index (χ0v) is 19.5. The smallest absolute Gasteiger partial charge is 0.647 e. The van der Waals surface area contributed by atoms with Gasteiger partial charge in [0.2, 0.25) is 0 Å². The maximum Gasteiger partial charge on any atom is 2.00 e. The summed E-state index contributed by atoms with van der Waals surface area (Å²) in [6.45, 7) is 7.92. The van der Waals surface area contributed by atoms with Gasteiger partial charge in [0.15, 0.2) is 0 Å². The van der Waals surface area contributed by atoms with Crippen LogP contribution in [0.5, 0.6) is 0 Å². The van der Waals surface area contributed by atoms with E-state index in [1.807, 2.05) is 13.8 Å². The van der Waals surface area contributed by atoms with Crippen molar-refractivity contribution in [2.45, 2.75) is 89.9 Å². The first kappa shape index (κ1) is 27.7. The summed E-state index contributed by atoms with van der Waals surface area (Å²) in [6, 6.07) is 0.388. The van der Waals surface area contributed by atoms with Crippen LogP contribution < -0.4 is 0 Å². The number of piperidine rings is 2. The topological polar surface area (TPSA) is 121 Å². The third-order valence-electron chi connectivity index (χ3n) is 4.40. The van der Waals surface area contributed by atoms with Crippen LogP contribution in [0.15, 0.2) is 0 Å². The third kappa shape index (κ3) is 9.86. The van der Waals surface area contributed by atoms with E-state index in [4.69, 9.17) is 9.05 Å². The van der Waals surface area contributed by atoms with Crippen LogP contribution in [0.2, 0.25) is 0 Å². The Morgan fingerprint density at radius 1 is 0.815 bits per heavy atom. The summed E-state index contributed by atoms with van der Waals surface area (Å²) in [4.78, 5) is 19.0. The number of hydrogen-bond donors (Lipinski definition) is 2. The van der Waals surface area contributed by atoms with Crippen molar-refractivity contribution in [3.63, 3.8) is 0 Å². The van der Waals surface area contributed by atoms with Gasteiger partial charge in [0.05, 0.1) is 13.2 Å². The van der Waals surface area contributed by atoms with E-state index in [9.17, 15) is 18.9 Å². The van der Waals surface area contributed by atoms with E-state index in [0.717, 1.165) is 25.7 Å². The largest absolute Gasteiger partial charge is 2.00 e. The van der Waals surface area contributed by atoms with Crippen LogP contribution in [0, 0.1) is 0 Å². The van der Waals surface area contributed by atoms with Crippen LogP contribution in [-0.2, 0) is 35.2 Å². The van der Waals surface area contributed by atoms with Crippen LogP contribution in [0.1, 0.15) is 66.2 Å². The Kier molecular flexibility index (Phi) is 13.5. The Hall–Kier alpha value is 0.739. The molecule has 162 valence electrons. The van der Waals surface area contributed by atoms with Gasteiger partial charge in [-0.25, -0.2) is 0 Å². The molecule has 0 aliphatic carbocycles. The first-order chi connectivity index (χ1) is 12.1. The molecule has 0 aromatic carbocycles. The Morgan fingerprint density at radius 3 is 1.41 bits per heavy atom. The fraction of sp³-hybridized carbons (Fsp3) is 1.00. The summed E-state index contributed by atoms with van der Waals surface area (Å²) in [6.07, 6.45) is 5.32. The molecule has 2 heterocycles. The van der Waals surface area contributed by atoms with Crippen molar-refractivity contribution in [2.75, 3.05) is 13.2 Å². The minimum atomic E-state index is -3.47. The molecule has 2 aliphatic heterocycles. The fourth-order valence-electron chi connectivity index (χ4n) is 3.11. The summed E-state index contributed by atoms with van der Waals surface area (Å²) in [5.74, 6) is -0.979. The molecule has 0 radical (unpaired) electrons. The molecule has 0 spiro atoms. The van der Waals surface area contributed by atoms with Gasteiger partial charge in [0.1, 0.15) is 0 Å². The molecule has 2 rings (SSSR count). The Labute approximate surface area is 174 Å². The zero-order valence-electron chi connectivity index (χ0n) is 16.6. The molecular weight excluding hydrogens is 434 g/mol. The van der Waals surface area contributed by atoms with Gasteiger partial charge in [0.25, 0.3) is 0 Å². The van der Waals surface area contributed by atoms with Crippen molar-refractivity contribution in [2.24, 2.45) is 0 Å². The van der Waals surface area contributed by atoms with Crippen molar-refractivity contribution < 1.29 is 45.0 Å². The Morgan fingerprint density at radius 2 is 1.15 bits per heavy atom. The van der Waals surface area contributed by atoms with E-state index >= 15 is 0 Å². The van der Waals surface area contributed by atoms with Gasteiger partial charge in [-0.15, -0.1) is 12.1 Å². The maximum atomic E-state index is 11.6. The second-order valence-electron chi connectivity index (χ2n) is 6.78. The number of hydrogen-bond acceptors (Lipinski definition) is 4. The minimum Gasteiger partial charge on any atom is -0.647 e. The Balaban J connectivity index is 0.000000483. The Bertz CT molecular complexity index is 469. The monoisotopic (exact) mass is 468 g/mol. The van der Waals surface area contributed by atoms with Crippen molar-refractivity contribution in [1.82, 2.24) is 0 Å². The van der Waals surface area contributed by atoms with E-state index in [-0.39, 0.29) is 42.4 Å². The van der Waals surface area contributed by atoms with Gasteiger partial charge in [-0.05, 0) is 25.4 Å². The van der Waals surface area contributed by atoms with Crippen LogP contribution in [0.3, 0.4) is 0 Å². The van der Waals surface area contributed by atoms with Crippen molar-refractivity contribution >= 4 is 15.2 Å². The molecule has 8 nitrogen and oxygen atoms in total. The van der Waals surface area contributed by atoms with E-state index in [1.54, 1.807) is 13.8 Å². The fourth-order valence-corrected chi connectivity index (χ4v) is 6.01. The third-order valence-corrected chi connectivity index (χ3v) is 7.95. The molecule has 0 bridgehead atoms. The van der Waals surface area contributed by atoms with E-state index in [0.29, 0.717) is 12.8 Å². The van der Waals surface area contributed by atoms with Crippen molar-refractivity contribution in [3.05, 3.63) is 10.6 Å². The standard InChI is InChI=1S/2C8H17NO3P.Fe/c2*1-3-12-13(10,11)8-6-4-5-7(2)9-8;/h2*7-8H,3-6H2,1-2H3,(H,10,11);/q2*-1;+2. The van der Waals surface area contributed by atoms with E-state index < -0.39 is 26.8 Å². The average Bonchev–Trinajstić information content (AvgIpc) is 2.55. The van der Waals surface area contributed by atoms with Crippen LogP contribution in [0.4, 0.5) is 0 Å². The molecule has 2 saturated heterocycles. The second kappa shape index (κ2) is 13.1. The van der Waals surface area contributed by atoms with Gasteiger partial charge in [-0.2, -0.15) is 0 Å². The summed E-state index contributed by atoms with van der Waals surface area (Å²) in [5, 5.41) is 8.47. The van der Waals surface area contributed by atoms with Crippen LogP contribution in [-0.4, -0.2) is 46.7 Å². The molecule has 6 atom stereocenters. The molecular formula is C16H34FeN2O6P2. The SMILES string of the molecule is CCOP(=O)(O)C1CCCC(C)[N-]1.CCOP(=O)(O)C1CCCC(C)[N-]1.[Fe+2]. The first-order valence-electron chi connectivity index (χ1n) is 9.46. The molecule has 2 fully saturated rings. The van der Waals surface area contributed by atoms with Crippen LogP contribution >= 0.6 is 15.2 Å². The second-order valence-corrected chi connectivity index (χ2v) is 10.7. The van der Waals surface area contributed by atoms with Gasteiger partial charge in [-0.3, -0.25) is 9.13 Å². The predicted octanol–water partition coefficient (Wildman–Crippen LogP) is 4.96. The minimum absolute atomic E-state index is 0. The number of rotatable bonds is 6. The van der Waals surface area contributed by atoms with Gasteiger partial charge in [0, 0.05) is 0 Å².